The molecule has 0 amide bonds. The lowest BCUT2D eigenvalue weighted by Gasteiger charge is -2.41. The van der Waals surface area contributed by atoms with Gasteiger partial charge in [0.15, 0.2) is 0 Å². The molecule has 0 saturated heterocycles. The van der Waals surface area contributed by atoms with Crippen molar-refractivity contribution in [3.63, 3.8) is 0 Å². The van der Waals surface area contributed by atoms with E-state index in [4.69, 9.17) is 11.6 Å². The third-order valence-electron chi connectivity index (χ3n) is 7.16. The van der Waals surface area contributed by atoms with E-state index < -0.39 is 11.0 Å². The predicted octanol–water partition coefficient (Wildman–Crippen LogP) is 8.01. The number of halogens is 1. The largest absolute Gasteiger partial charge is 0.385 e. The molecule has 2 aromatic carbocycles. The summed E-state index contributed by atoms with van der Waals surface area (Å²) in [6.45, 7) is 10.2. The maximum absolute atomic E-state index is 11.8. The molecule has 0 bridgehead atoms. The Hall–Kier alpha value is -2.36. The van der Waals surface area contributed by atoms with Crippen LogP contribution in [0.15, 0.2) is 65.8 Å². The second-order valence-corrected chi connectivity index (χ2v) is 9.63. The fraction of sp³-hybridized carbons (Fsp3) is 0.414. The zero-order chi connectivity index (χ0) is 24.1. The van der Waals surface area contributed by atoms with Crippen LogP contribution in [0, 0.1) is 5.41 Å². The van der Waals surface area contributed by atoms with E-state index in [9.17, 15) is 5.11 Å². The lowest BCUT2D eigenvalue weighted by Crippen LogP contribution is -2.40. The van der Waals surface area contributed by atoms with Crippen molar-refractivity contribution >= 4 is 34.6 Å². The summed E-state index contributed by atoms with van der Waals surface area (Å²) in [4.78, 5) is 4.23. The van der Waals surface area contributed by atoms with Crippen molar-refractivity contribution in [1.82, 2.24) is 0 Å². The number of unbranched alkanes of at least 4 members (excludes halogenated alkanes) is 1. The monoisotopic (exact) mass is 464 g/mol. The van der Waals surface area contributed by atoms with Crippen molar-refractivity contribution in [2.24, 2.45) is 10.4 Å². The topological polar surface area (TPSA) is 44.6 Å². The zero-order valence-electron chi connectivity index (χ0n) is 20.5. The molecule has 2 N–H and O–H groups in total. The number of nitrogens with zero attached hydrogens (tertiary/aromatic N) is 1. The van der Waals surface area contributed by atoms with Gasteiger partial charge in [-0.25, -0.2) is 0 Å². The minimum atomic E-state index is -1.07. The molecule has 1 aliphatic rings. The number of benzene rings is 2. The van der Waals surface area contributed by atoms with E-state index in [0.717, 1.165) is 53.6 Å². The molecule has 1 heterocycles. The van der Waals surface area contributed by atoms with E-state index in [2.05, 4.69) is 67.5 Å². The molecular formula is C29H37ClN2O. The molecule has 3 atom stereocenters. The molecule has 2 aromatic rings. The lowest BCUT2D eigenvalue weighted by atomic mass is 9.68. The Labute approximate surface area is 204 Å². The second kappa shape index (κ2) is 10.7. The number of anilines is 1. The van der Waals surface area contributed by atoms with Crippen molar-refractivity contribution in [3.05, 3.63) is 77.5 Å². The van der Waals surface area contributed by atoms with Crippen LogP contribution in [-0.4, -0.2) is 16.8 Å². The van der Waals surface area contributed by atoms with E-state index in [-0.39, 0.29) is 5.50 Å². The molecule has 4 heteroatoms. The fourth-order valence-corrected chi connectivity index (χ4v) is 4.91. The second-order valence-electron chi connectivity index (χ2n) is 9.20. The highest BCUT2D eigenvalue weighted by molar-refractivity contribution is 6.30. The van der Waals surface area contributed by atoms with Crippen LogP contribution >= 0.6 is 11.6 Å². The third-order valence-corrected chi connectivity index (χ3v) is 7.48. The number of nitrogens with one attached hydrogen (secondary N) is 1. The van der Waals surface area contributed by atoms with Gasteiger partial charge in [0.05, 0.1) is 5.60 Å². The van der Waals surface area contributed by atoms with Gasteiger partial charge in [-0.2, -0.15) is 0 Å². The predicted molar refractivity (Wildman–Crippen MR) is 144 cm³/mol. The minimum absolute atomic E-state index is 0.297. The van der Waals surface area contributed by atoms with Crippen LogP contribution in [0.1, 0.15) is 77.0 Å². The van der Waals surface area contributed by atoms with Gasteiger partial charge in [0.25, 0.3) is 0 Å². The van der Waals surface area contributed by atoms with Crippen LogP contribution in [0.3, 0.4) is 0 Å². The van der Waals surface area contributed by atoms with Gasteiger partial charge in [0, 0.05) is 34.7 Å². The Morgan fingerprint density at radius 3 is 2.48 bits per heavy atom. The number of alkyl halides is 1. The molecule has 3 unspecified atom stereocenters. The van der Waals surface area contributed by atoms with Crippen molar-refractivity contribution in [1.29, 1.82) is 0 Å². The van der Waals surface area contributed by atoms with Crippen LogP contribution in [0.5, 0.6) is 0 Å². The van der Waals surface area contributed by atoms with Crippen molar-refractivity contribution < 1.29 is 5.11 Å². The van der Waals surface area contributed by atoms with Gasteiger partial charge in [-0.1, -0.05) is 81.3 Å². The summed E-state index contributed by atoms with van der Waals surface area (Å²) in [6.07, 6.45) is 9.47. The summed E-state index contributed by atoms with van der Waals surface area (Å²) in [5.41, 5.74) is 4.73. The van der Waals surface area contributed by atoms with Gasteiger partial charge in [0.2, 0.25) is 0 Å². The highest BCUT2D eigenvalue weighted by Gasteiger charge is 2.42. The lowest BCUT2D eigenvalue weighted by molar-refractivity contribution is -0.0424. The van der Waals surface area contributed by atoms with Gasteiger partial charge in [-0.3, -0.25) is 4.99 Å². The maximum atomic E-state index is 11.8. The Morgan fingerprint density at radius 1 is 1.12 bits per heavy atom. The molecule has 176 valence electrons. The number of aliphatic hydroxyl groups is 1. The van der Waals surface area contributed by atoms with Crippen LogP contribution in [-0.2, 0) is 5.60 Å². The molecule has 0 spiro atoms. The molecule has 3 rings (SSSR count). The van der Waals surface area contributed by atoms with Crippen LogP contribution < -0.4 is 5.32 Å². The van der Waals surface area contributed by atoms with Crippen molar-refractivity contribution in [3.8, 4) is 0 Å². The first kappa shape index (κ1) is 25.3. The molecule has 1 aliphatic heterocycles. The zero-order valence-corrected chi connectivity index (χ0v) is 21.3. The summed E-state index contributed by atoms with van der Waals surface area (Å²) < 4.78 is 0. The first-order valence-electron chi connectivity index (χ1n) is 12.0. The van der Waals surface area contributed by atoms with Gasteiger partial charge in [0.1, 0.15) is 5.50 Å². The number of allylic oxidation sites excluding steroid dienone is 1. The van der Waals surface area contributed by atoms with Crippen LogP contribution in [0.25, 0.3) is 11.1 Å². The minimum Gasteiger partial charge on any atom is -0.385 e. The van der Waals surface area contributed by atoms with Gasteiger partial charge in [-0.15, -0.1) is 0 Å². The molecule has 33 heavy (non-hydrogen) atoms. The van der Waals surface area contributed by atoms with E-state index in [1.54, 1.807) is 12.4 Å². The molecule has 0 saturated carbocycles. The maximum Gasteiger partial charge on any atom is 0.128 e. The average molecular weight is 465 g/mol. The Kier molecular flexibility index (Phi) is 8.20. The quantitative estimate of drug-likeness (QED) is 0.224. The van der Waals surface area contributed by atoms with Crippen LogP contribution in [0.2, 0.25) is 0 Å². The highest BCUT2D eigenvalue weighted by Crippen LogP contribution is 2.47. The molecular weight excluding hydrogens is 428 g/mol. The Bertz CT molecular complexity index is 1040. The molecule has 0 aliphatic carbocycles. The highest BCUT2D eigenvalue weighted by atomic mass is 35.5. The third kappa shape index (κ3) is 5.10. The fourth-order valence-electron chi connectivity index (χ4n) is 4.54. The smallest absolute Gasteiger partial charge is 0.128 e. The van der Waals surface area contributed by atoms with E-state index in [1.165, 1.54) is 5.57 Å². The molecule has 0 aromatic heterocycles. The van der Waals surface area contributed by atoms with E-state index >= 15 is 0 Å². The summed E-state index contributed by atoms with van der Waals surface area (Å²) in [6, 6.07) is 16.6. The molecule has 0 radical (unpaired) electrons. The first-order chi connectivity index (χ1) is 15.8. The Morgan fingerprint density at radius 2 is 1.85 bits per heavy atom. The summed E-state index contributed by atoms with van der Waals surface area (Å²) in [5.74, 6) is 0. The number of aliphatic imine (C=N–C) groups is 1. The van der Waals surface area contributed by atoms with Gasteiger partial charge < -0.3 is 10.4 Å². The summed E-state index contributed by atoms with van der Waals surface area (Å²) in [5, 5.41) is 15.3. The standard InChI is InChI=1S/C29H37ClN2O/c1-6-9-15-23-24-20-22(29(5,33)28(4,7-2)18-19-31-8-3)16-17-25(24)32-27(30)26(23)21-13-11-10-12-14-21/h8,10-14,16-20,27,32-33H,6-7,9,15H2,1-5H3/b19-18-,31-8-. The van der Waals surface area contributed by atoms with E-state index in [0.29, 0.717) is 0 Å². The summed E-state index contributed by atoms with van der Waals surface area (Å²) in [7, 11) is 0. The van der Waals surface area contributed by atoms with Crippen molar-refractivity contribution in [2.75, 3.05) is 5.32 Å². The normalized spacial score (nSPS) is 19.9. The van der Waals surface area contributed by atoms with Crippen LogP contribution in [0.4, 0.5) is 5.69 Å². The first-order valence-corrected chi connectivity index (χ1v) is 12.4. The average Bonchev–Trinajstić information content (AvgIpc) is 2.82. The SMILES string of the molecule is C/C=N\C=C/C(C)(CC)C(C)(O)c1ccc2c(c1)C(CCCC)=C(c1ccccc1)C(Cl)N2. The summed E-state index contributed by atoms with van der Waals surface area (Å²) >= 11 is 6.87. The number of rotatable bonds is 9. The van der Waals surface area contributed by atoms with E-state index in [1.807, 2.05) is 32.1 Å². The number of hydrogen-bond donors (Lipinski definition) is 2. The van der Waals surface area contributed by atoms with Gasteiger partial charge in [-0.05, 0) is 61.9 Å². The Balaban J connectivity index is 2.17. The van der Waals surface area contributed by atoms with Crippen molar-refractivity contribution in [2.45, 2.75) is 71.4 Å². The molecule has 0 fully saturated rings. The van der Waals surface area contributed by atoms with Gasteiger partial charge >= 0.3 is 0 Å². The number of fused-ring (bicyclic) bond motifs is 1. The molecule has 3 nitrogen and oxygen atoms in total. The number of hydrogen-bond acceptors (Lipinski definition) is 3.